The highest BCUT2D eigenvalue weighted by Crippen LogP contribution is 2.32. The van der Waals surface area contributed by atoms with Crippen LogP contribution in [0.15, 0.2) is 79.3 Å². The third kappa shape index (κ3) is 3.93. The second-order valence-corrected chi connectivity index (χ2v) is 7.50. The number of benzene rings is 2. The zero-order valence-electron chi connectivity index (χ0n) is 16.6. The van der Waals surface area contributed by atoms with Gasteiger partial charge in [0.25, 0.3) is 0 Å². The van der Waals surface area contributed by atoms with Crippen LogP contribution < -0.4 is 11.1 Å². The number of hydrogen-bond acceptors (Lipinski definition) is 6. The van der Waals surface area contributed by atoms with Gasteiger partial charge in [-0.2, -0.15) is 0 Å². The van der Waals surface area contributed by atoms with Gasteiger partial charge >= 0.3 is 0 Å². The first-order valence-corrected chi connectivity index (χ1v) is 10.1. The van der Waals surface area contributed by atoms with Crippen molar-refractivity contribution in [1.82, 2.24) is 19.9 Å². The van der Waals surface area contributed by atoms with Gasteiger partial charge in [-0.15, -0.1) is 0 Å². The van der Waals surface area contributed by atoms with Crippen molar-refractivity contribution in [3.63, 3.8) is 0 Å². The summed E-state index contributed by atoms with van der Waals surface area (Å²) < 4.78 is 13.6. The second-order valence-electron chi connectivity index (χ2n) is 7.10. The Kier molecular flexibility index (Phi) is 5.09. The maximum absolute atomic E-state index is 13.6. The summed E-state index contributed by atoms with van der Waals surface area (Å²) in [6, 6.07) is 17.7. The monoisotopic (exact) mass is 442 g/mol. The molecule has 2 aromatic carbocycles. The quantitative estimate of drug-likeness (QED) is 0.361. The lowest BCUT2D eigenvalue weighted by molar-refractivity contribution is 0.628. The molecule has 3 N–H and O–H groups in total. The van der Waals surface area contributed by atoms with E-state index in [4.69, 9.17) is 27.3 Å². The van der Waals surface area contributed by atoms with Crippen LogP contribution in [0.1, 0.15) is 0 Å². The number of nitrogens with one attached hydrogen (secondary N) is 1. The standard InChI is InChI=1S/C24H16ClFN6/c25-19-11-17(5-6-20(19)26)30-24-18-10-14(15-4-8-22(27)29-13-15)3-7-21(18)31-23(32-24)16-2-1-9-28-12-16/h1-13H,(H2,27,29)(H,30,31,32). The summed E-state index contributed by atoms with van der Waals surface area (Å²) in [7, 11) is 0. The second kappa shape index (κ2) is 8.20. The highest BCUT2D eigenvalue weighted by molar-refractivity contribution is 6.31. The maximum atomic E-state index is 13.6. The van der Waals surface area contributed by atoms with Crippen LogP contribution in [0.4, 0.5) is 21.7 Å². The smallest absolute Gasteiger partial charge is 0.163 e. The van der Waals surface area contributed by atoms with Crippen molar-refractivity contribution in [3.8, 4) is 22.5 Å². The van der Waals surface area contributed by atoms with Crippen LogP contribution in [-0.4, -0.2) is 19.9 Å². The summed E-state index contributed by atoms with van der Waals surface area (Å²) in [4.78, 5) is 17.8. The molecule has 5 rings (SSSR count). The molecule has 0 unspecified atom stereocenters. The molecule has 8 heteroatoms. The summed E-state index contributed by atoms with van der Waals surface area (Å²) >= 11 is 5.97. The fourth-order valence-corrected chi connectivity index (χ4v) is 3.49. The van der Waals surface area contributed by atoms with E-state index in [9.17, 15) is 4.39 Å². The minimum absolute atomic E-state index is 0.0227. The molecule has 3 aromatic heterocycles. The first-order valence-electron chi connectivity index (χ1n) is 9.73. The van der Waals surface area contributed by atoms with Crippen molar-refractivity contribution in [1.29, 1.82) is 0 Å². The fourth-order valence-electron chi connectivity index (χ4n) is 3.31. The van der Waals surface area contributed by atoms with Crippen LogP contribution in [0.3, 0.4) is 0 Å². The molecule has 32 heavy (non-hydrogen) atoms. The molecule has 3 heterocycles. The first kappa shape index (κ1) is 19.8. The number of fused-ring (bicyclic) bond motifs is 1. The molecule has 0 saturated heterocycles. The molecule has 156 valence electrons. The molecule has 6 nitrogen and oxygen atoms in total. The SMILES string of the molecule is Nc1ccc(-c2ccc3nc(-c4cccnc4)nc(Nc4ccc(F)c(Cl)c4)c3c2)cn1. The van der Waals surface area contributed by atoms with Gasteiger partial charge in [-0.3, -0.25) is 4.98 Å². The molecule has 5 aromatic rings. The molecule has 0 aliphatic carbocycles. The number of pyridine rings is 2. The summed E-state index contributed by atoms with van der Waals surface area (Å²) in [5.74, 6) is 1.04. The van der Waals surface area contributed by atoms with Gasteiger partial charge < -0.3 is 11.1 Å². The van der Waals surface area contributed by atoms with E-state index < -0.39 is 5.82 Å². The molecule has 0 aliphatic heterocycles. The molecule has 0 bridgehead atoms. The highest BCUT2D eigenvalue weighted by Gasteiger charge is 2.12. The van der Waals surface area contributed by atoms with Crippen LogP contribution >= 0.6 is 11.6 Å². The fraction of sp³-hybridized carbons (Fsp3) is 0. The number of anilines is 3. The number of halogens is 2. The Balaban J connectivity index is 1.67. The molecule has 0 aliphatic rings. The highest BCUT2D eigenvalue weighted by atomic mass is 35.5. The van der Waals surface area contributed by atoms with Gasteiger partial charge in [0, 0.05) is 40.8 Å². The minimum Gasteiger partial charge on any atom is -0.384 e. The molecule has 0 amide bonds. The van der Waals surface area contributed by atoms with Crippen LogP contribution in [-0.2, 0) is 0 Å². The summed E-state index contributed by atoms with van der Waals surface area (Å²) in [5, 5.41) is 4.06. The van der Waals surface area contributed by atoms with Gasteiger partial charge in [-0.1, -0.05) is 17.7 Å². The number of nitrogens with zero attached hydrogens (tertiary/aromatic N) is 4. The average Bonchev–Trinajstić information content (AvgIpc) is 2.82. The van der Waals surface area contributed by atoms with Crippen molar-refractivity contribution in [2.24, 2.45) is 0 Å². The van der Waals surface area contributed by atoms with Crippen molar-refractivity contribution < 1.29 is 4.39 Å². The minimum atomic E-state index is -0.487. The average molecular weight is 443 g/mol. The Morgan fingerprint density at radius 2 is 1.75 bits per heavy atom. The van der Waals surface area contributed by atoms with Crippen molar-refractivity contribution >= 4 is 39.8 Å². The molecule has 0 saturated carbocycles. The van der Waals surface area contributed by atoms with E-state index in [-0.39, 0.29) is 5.02 Å². The number of hydrogen-bond donors (Lipinski definition) is 2. The Morgan fingerprint density at radius 3 is 2.50 bits per heavy atom. The summed E-state index contributed by atoms with van der Waals surface area (Å²) in [6.07, 6.45) is 5.11. The first-order chi connectivity index (χ1) is 15.6. The van der Waals surface area contributed by atoms with E-state index in [1.165, 1.54) is 12.1 Å². The zero-order chi connectivity index (χ0) is 22.1. The largest absolute Gasteiger partial charge is 0.384 e. The Hall–Kier alpha value is -4.10. The van der Waals surface area contributed by atoms with Crippen molar-refractivity contribution in [2.75, 3.05) is 11.1 Å². The van der Waals surface area contributed by atoms with Gasteiger partial charge in [0.1, 0.15) is 17.5 Å². The van der Waals surface area contributed by atoms with Crippen LogP contribution in [0.25, 0.3) is 33.4 Å². The maximum Gasteiger partial charge on any atom is 0.163 e. The molecule has 0 fully saturated rings. The van der Waals surface area contributed by atoms with Gasteiger partial charge in [0.05, 0.1) is 10.5 Å². The molecule has 0 atom stereocenters. The Morgan fingerprint density at radius 1 is 0.875 bits per heavy atom. The summed E-state index contributed by atoms with van der Waals surface area (Å²) in [6.45, 7) is 0. The van der Waals surface area contributed by atoms with Gasteiger partial charge in [0.2, 0.25) is 0 Å². The van der Waals surface area contributed by atoms with Gasteiger partial charge in [-0.25, -0.2) is 19.3 Å². The molecular formula is C24H16ClFN6. The number of rotatable bonds is 4. The van der Waals surface area contributed by atoms with Crippen molar-refractivity contribution in [3.05, 3.63) is 90.1 Å². The predicted octanol–water partition coefficient (Wildman–Crippen LogP) is 5.87. The van der Waals surface area contributed by atoms with Crippen LogP contribution in [0.5, 0.6) is 0 Å². The normalized spacial score (nSPS) is 10.9. The summed E-state index contributed by atoms with van der Waals surface area (Å²) in [5.41, 5.74) is 9.68. The van der Waals surface area contributed by atoms with E-state index in [2.05, 4.69) is 15.3 Å². The van der Waals surface area contributed by atoms with E-state index in [1.807, 2.05) is 36.4 Å². The Bertz CT molecular complexity index is 1420. The van der Waals surface area contributed by atoms with E-state index >= 15 is 0 Å². The van der Waals surface area contributed by atoms with Gasteiger partial charge in [0.15, 0.2) is 5.82 Å². The number of aromatic nitrogens is 4. The van der Waals surface area contributed by atoms with Crippen molar-refractivity contribution in [2.45, 2.75) is 0 Å². The van der Waals surface area contributed by atoms with E-state index in [0.717, 1.165) is 27.6 Å². The topological polar surface area (TPSA) is 89.6 Å². The van der Waals surface area contributed by atoms with Crippen LogP contribution in [0, 0.1) is 5.82 Å². The number of nitrogens with two attached hydrogens (primary N) is 1. The lowest BCUT2D eigenvalue weighted by Crippen LogP contribution is -2.00. The Labute approximate surface area is 188 Å². The third-order valence-electron chi connectivity index (χ3n) is 4.92. The van der Waals surface area contributed by atoms with E-state index in [0.29, 0.717) is 23.1 Å². The predicted molar refractivity (Wildman–Crippen MR) is 125 cm³/mol. The molecule has 0 spiro atoms. The number of nitrogen functional groups attached to an aromatic ring is 1. The zero-order valence-corrected chi connectivity index (χ0v) is 17.4. The van der Waals surface area contributed by atoms with E-state index in [1.54, 1.807) is 30.7 Å². The lowest BCUT2D eigenvalue weighted by Gasteiger charge is -2.13. The van der Waals surface area contributed by atoms with Gasteiger partial charge in [-0.05, 0) is 60.2 Å². The lowest BCUT2D eigenvalue weighted by atomic mass is 10.0. The molecule has 0 radical (unpaired) electrons. The van der Waals surface area contributed by atoms with Crippen LogP contribution in [0.2, 0.25) is 5.02 Å². The third-order valence-corrected chi connectivity index (χ3v) is 5.21. The molecular weight excluding hydrogens is 427 g/mol.